The second-order valence-electron chi connectivity index (χ2n) is 2.48. The van der Waals surface area contributed by atoms with Crippen molar-refractivity contribution in [3.63, 3.8) is 0 Å². The van der Waals surface area contributed by atoms with Crippen molar-refractivity contribution in [2.75, 3.05) is 0 Å². The number of oxazole rings is 2. The van der Waals surface area contributed by atoms with Crippen molar-refractivity contribution in [3.8, 4) is 0 Å². The highest BCUT2D eigenvalue weighted by Crippen LogP contribution is 2.12. The highest BCUT2D eigenvalue weighted by atomic mass is 32.2. The lowest BCUT2D eigenvalue weighted by Crippen LogP contribution is -2.05. The fourth-order valence-electron chi connectivity index (χ4n) is 0.913. The van der Waals surface area contributed by atoms with E-state index in [1.807, 2.05) is 0 Å². The summed E-state index contributed by atoms with van der Waals surface area (Å²) in [4.78, 5) is 7.24. The van der Waals surface area contributed by atoms with Crippen LogP contribution in [0.4, 0.5) is 0 Å². The summed E-state index contributed by atoms with van der Waals surface area (Å²) in [6.45, 7) is 0. The summed E-state index contributed by atoms with van der Waals surface area (Å²) in [5.74, 6) is -0.233. The lowest BCUT2D eigenvalue weighted by atomic mass is 10.8. The van der Waals surface area contributed by atoms with Gasteiger partial charge in [0.25, 0.3) is 0 Å². The molecule has 0 aliphatic rings. The van der Waals surface area contributed by atoms with Gasteiger partial charge in [0.05, 0.1) is 12.4 Å². The quantitative estimate of drug-likeness (QED) is 0.745. The minimum absolute atomic E-state index is 0.114. The van der Waals surface area contributed by atoms with E-state index < -0.39 is 9.84 Å². The second kappa shape index (κ2) is 3.26. The van der Waals surface area contributed by atoms with Crippen LogP contribution in [0.2, 0.25) is 0 Å². The van der Waals surface area contributed by atoms with Gasteiger partial charge >= 0.3 is 5.22 Å². The Kier molecular flexibility index (Phi) is 2.08. The number of nitrogens with zero attached hydrogens (tertiary/aromatic N) is 2. The van der Waals surface area contributed by atoms with Gasteiger partial charge in [0, 0.05) is 0 Å². The average Bonchev–Trinajstić information content (AvgIpc) is 2.71. The zero-order valence-corrected chi connectivity index (χ0v) is 7.77. The third-order valence-corrected chi connectivity index (χ3v) is 2.83. The molecule has 2 aromatic heterocycles. The Morgan fingerprint density at radius 1 is 1.14 bits per heavy atom. The summed E-state index contributed by atoms with van der Waals surface area (Å²) < 4.78 is 32.5. The SMILES string of the molecule is O=S(=O)(Cc1ncco1)c1ncco1. The zero-order chi connectivity index (χ0) is 10.0. The van der Waals surface area contributed by atoms with Crippen LogP contribution >= 0.6 is 0 Å². The Hall–Kier alpha value is -1.63. The molecule has 0 bridgehead atoms. The summed E-state index contributed by atoms with van der Waals surface area (Å²) in [6.07, 6.45) is 5.14. The molecule has 0 aromatic carbocycles. The molecule has 0 spiro atoms. The third-order valence-electron chi connectivity index (χ3n) is 1.47. The van der Waals surface area contributed by atoms with Crippen LogP contribution in [0.1, 0.15) is 5.89 Å². The first-order chi connectivity index (χ1) is 6.68. The Morgan fingerprint density at radius 3 is 2.43 bits per heavy atom. The molecule has 2 aromatic rings. The maximum Gasteiger partial charge on any atom is 0.315 e. The van der Waals surface area contributed by atoms with Crippen molar-refractivity contribution in [2.45, 2.75) is 11.0 Å². The molecule has 0 atom stereocenters. The number of aromatic nitrogens is 2. The van der Waals surface area contributed by atoms with Crippen LogP contribution in [-0.4, -0.2) is 18.4 Å². The van der Waals surface area contributed by atoms with Gasteiger partial charge in [0.2, 0.25) is 15.7 Å². The van der Waals surface area contributed by atoms with Crippen LogP contribution in [0, 0.1) is 0 Å². The van der Waals surface area contributed by atoms with Crippen molar-refractivity contribution in [2.24, 2.45) is 0 Å². The van der Waals surface area contributed by atoms with Gasteiger partial charge in [-0.1, -0.05) is 0 Å². The van der Waals surface area contributed by atoms with Crippen LogP contribution < -0.4 is 0 Å². The fourth-order valence-corrected chi connectivity index (χ4v) is 1.93. The lowest BCUT2D eigenvalue weighted by molar-refractivity contribution is 0.426. The van der Waals surface area contributed by atoms with Gasteiger partial charge in [-0.05, 0) is 0 Å². The molecular weight excluding hydrogens is 208 g/mol. The van der Waals surface area contributed by atoms with Crippen LogP contribution in [-0.2, 0) is 15.6 Å². The number of hydrogen-bond donors (Lipinski definition) is 0. The minimum atomic E-state index is -3.57. The monoisotopic (exact) mass is 214 g/mol. The van der Waals surface area contributed by atoms with Gasteiger partial charge < -0.3 is 8.83 Å². The van der Waals surface area contributed by atoms with E-state index in [2.05, 4.69) is 14.4 Å². The molecule has 0 fully saturated rings. The molecule has 2 heterocycles. The summed E-state index contributed by atoms with van der Waals surface area (Å²) in [5.41, 5.74) is 0. The summed E-state index contributed by atoms with van der Waals surface area (Å²) in [5, 5.41) is -0.323. The minimum Gasteiger partial charge on any atom is -0.448 e. The highest BCUT2D eigenvalue weighted by molar-refractivity contribution is 7.90. The van der Waals surface area contributed by atoms with E-state index in [9.17, 15) is 8.42 Å². The maximum absolute atomic E-state index is 11.5. The van der Waals surface area contributed by atoms with Crippen molar-refractivity contribution < 1.29 is 17.3 Å². The van der Waals surface area contributed by atoms with Crippen molar-refractivity contribution >= 4 is 9.84 Å². The van der Waals surface area contributed by atoms with E-state index in [-0.39, 0.29) is 16.9 Å². The molecule has 74 valence electrons. The molecule has 6 nitrogen and oxygen atoms in total. The predicted molar refractivity (Wildman–Crippen MR) is 43.9 cm³/mol. The largest absolute Gasteiger partial charge is 0.448 e. The molecule has 2 rings (SSSR count). The summed E-state index contributed by atoms with van der Waals surface area (Å²) >= 11 is 0. The Balaban J connectivity index is 2.27. The van der Waals surface area contributed by atoms with E-state index in [0.29, 0.717) is 0 Å². The van der Waals surface area contributed by atoms with Crippen molar-refractivity contribution in [1.29, 1.82) is 0 Å². The maximum atomic E-state index is 11.5. The molecule has 14 heavy (non-hydrogen) atoms. The zero-order valence-electron chi connectivity index (χ0n) is 6.95. The van der Waals surface area contributed by atoms with Gasteiger partial charge in [-0.2, -0.15) is 0 Å². The first kappa shape index (κ1) is 8.95. The van der Waals surface area contributed by atoms with Gasteiger partial charge in [0.1, 0.15) is 18.3 Å². The van der Waals surface area contributed by atoms with Gasteiger partial charge in [-0.25, -0.2) is 18.4 Å². The third kappa shape index (κ3) is 1.67. The number of rotatable bonds is 3. The van der Waals surface area contributed by atoms with Crippen LogP contribution in [0.15, 0.2) is 39.0 Å². The van der Waals surface area contributed by atoms with E-state index in [0.717, 1.165) is 0 Å². The topological polar surface area (TPSA) is 86.2 Å². The first-order valence-electron chi connectivity index (χ1n) is 3.69. The van der Waals surface area contributed by atoms with Crippen LogP contribution in [0.5, 0.6) is 0 Å². The Bertz CT molecular complexity index is 486. The molecule has 0 saturated carbocycles. The van der Waals surface area contributed by atoms with E-state index in [1.165, 1.54) is 24.9 Å². The molecule has 0 saturated heterocycles. The smallest absolute Gasteiger partial charge is 0.315 e. The van der Waals surface area contributed by atoms with Crippen LogP contribution in [0.3, 0.4) is 0 Å². The standard InChI is InChI=1S/C7H6N2O4S/c10-14(11,7-9-2-4-13-7)5-6-8-1-3-12-6/h1-4H,5H2. The lowest BCUT2D eigenvalue weighted by Gasteiger charge is -1.94. The molecule has 7 heteroatoms. The first-order valence-corrected chi connectivity index (χ1v) is 5.34. The summed E-state index contributed by atoms with van der Waals surface area (Å²) in [7, 11) is -3.57. The second-order valence-corrected chi connectivity index (χ2v) is 4.35. The Labute approximate surface area is 79.5 Å². The summed E-state index contributed by atoms with van der Waals surface area (Å²) in [6, 6.07) is 0. The molecule has 0 aliphatic carbocycles. The van der Waals surface area contributed by atoms with Crippen molar-refractivity contribution in [1.82, 2.24) is 9.97 Å². The van der Waals surface area contributed by atoms with Gasteiger partial charge in [0.15, 0.2) is 0 Å². The highest BCUT2D eigenvalue weighted by Gasteiger charge is 2.22. The molecule has 0 amide bonds. The van der Waals surface area contributed by atoms with Crippen molar-refractivity contribution in [3.05, 3.63) is 30.8 Å². The normalized spacial score (nSPS) is 11.7. The fraction of sp³-hybridized carbons (Fsp3) is 0.143. The number of sulfone groups is 1. The Morgan fingerprint density at radius 2 is 1.86 bits per heavy atom. The molecule has 0 radical (unpaired) electrons. The number of hydrogen-bond acceptors (Lipinski definition) is 6. The van der Waals surface area contributed by atoms with Gasteiger partial charge in [-0.3, -0.25) is 0 Å². The molecule has 0 aliphatic heterocycles. The van der Waals surface area contributed by atoms with E-state index in [4.69, 9.17) is 4.42 Å². The molecular formula is C7H6N2O4S. The van der Waals surface area contributed by atoms with Crippen LogP contribution in [0.25, 0.3) is 0 Å². The average molecular weight is 214 g/mol. The predicted octanol–water partition coefficient (Wildman–Crippen LogP) is 0.637. The van der Waals surface area contributed by atoms with E-state index in [1.54, 1.807) is 0 Å². The molecule has 0 unspecified atom stereocenters. The van der Waals surface area contributed by atoms with E-state index >= 15 is 0 Å². The van der Waals surface area contributed by atoms with Gasteiger partial charge in [-0.15, -0.1) is 0 Å². The molecule has 0 N–H and O–H groups in total.